The Bertz CT molecular complexity index is 1220. The summed E-state index contributed by atoms with van der Waals surface area (Å²) in [7, 11) is 0. The van der Waals surface area contributed by atoms with E-state index in [-0.39, 0.29) is 5.76 Å². The molecule has 0 bridgehead atoms. The van der Waals surface area contributed by atoms with Gasteiger partial charge in [-0.2, -0.15) is 4.57 Å². The Labute approximate surface area is 175 Å². The van der Waals surface area contributed by atoms with Gasteiger partial charge in [0.05, 0.1) is 0 Å². The fraction of sp³-hybridized carbons (Fsp3) is 0.0400. The standard InChI is InChI=1S/C25H20N2OS/c1-18-8-7-13-22(16-18)26-25(29)23(24(28)20-10-3-2-4-11-20)27-15-14-19-9-5-6-12-21(19)17-27/h2-17H,1H3,(H-,26,28,29). The Morgan fingerprint density at radius 1 is 0.862 bits per heavy atom. The van der Waals surface area contributed by atoms with Gasteiger partial charge in [-0.15, -0.1) is 0 Å². The third-order valence-electron chi connectivity index (χ3n) is 4.69. The van der Waals surface area contributed by atoms with Gasteiger partial charge >= 0.3 is 0 Å². The molecule has 1 aromatic heterocycles. The molecule has 29 heavy (non-hydrogen) atoms. The number of fused-ring (bicyclic) bond motifs is 1. The Morgan fingerprint density at radius 3 is 2.34 bits per heavy atom. The van der Waals surface area contributed by atoms with E-state index in [1.54, 1.807) is 12.1 Å². The lowest BCUT2D eigenvalue weighted by atomic mass is 10.1. The molecule has 1 N–H and O–H groups in total. The number of pyridine rings is 1. The zero-order valence-corrected chi connectivity index (χ0v) is 16.8. The van der Waals surface area contributed by atoms with Crippen molar-refractivity contribution in [1.29, 1.82) is 0 Å². The van der Waals surface area contributed by atoms with Crippen molar-refractivity contribution < 1.29 is 9.67 Å². The van der Waals surface area contributed by atoms with E-state index in [1.165, 1.54) is 0 Å². The van der Waals surface area contributed by atoms with Crippen LogP contribution in [0, 0.1) is 6.92 Å². The van der Waals surface area contributed by atoms with E-state index in [1.807, 2.05) is 96.7 Å². The molecule has 0 saturated heterocycles. The van der Waals surface area contributed by atoms with Crippen molar-refractivity contribution in [3.8, 4) is 0 Å². The summed E-state index contributed by atoms with van der Waals surface area (Å²) in [6, 6.07) is 27.2. The molecular formula is C25H20N2OS. The molecule has 0 aliphatic heterocycles. The third-order valence-corrected chi connectivity index (χ3v) is 4.98. The molecular weight excluding hydrogens is 376 g/mol. The quantitative estimate of drug-likeness (QED) is 0.238. The molecule has 3 aromatic carbocycles. The molecule has 0 spiro atoms. The van der Waals surface area contributed by atoms with Gasteiger partial charge in [0.15, 0.2) is 17.4 Å². The second kappa shape index (κ2) is 8.25. The molecule has 0 amide bonds. The van der Waals surface area contributed by atoms with E-state index in [4.69, 9.17) is 12.2 Å². The molecule has 3 nitrogen and oxygen atoms in total. The summed E-state index contributed by atoms with van der Waals surface area (Å²) >= 11 is 5.69. The summed E-state index contributed by atoms with van der Waals surface area (Å²) in [6.45, 7) is 2.02. The van der Waals surface area contributed by atoms with Crippen molar-refractivity contribution in [3.63, 3.8) is 0 Å². The van der Waals surface area contributed by atoms with Crippen molar-refractivity contribution in [2.45, 2.75) is 6.92 Å². The average molecular weight is 397 g/mol. The van der Waals surface area contributed by atoms with Gasteiger partial charge in [0.25, 0.3) is 0 Å². The second-order valence-electron chi connectivity index (χ2n) is 6.85. The number of anilines is 1. The van der Waals surface area contributed by atoms with Gasteiger partial charge in [0, 0.05) is 17.1 Å². The van der Waals surface area contributed by atoms with Gasteiger partial charge in [0.2, 0.25) is 5.70 Å². The number of benzene rings is 3. The van der Waals surface area contributed by atoms with Crippen molar-refractivity contribution in [2.75, 3.05) is 5.32 Å². The van der Waals surface area contributed by atoms with Crippen LogP contribution in [0.4, 0.5) is 5.69 Å². The van der Waals surface area contributed by atoms with Gasteiger partial charge in [-0.3, -0.25) is 0 Å². The average Bonchev–Trinajstić information content (AvgIpc) is 2.74. The fourth-order valence-corrected chi connectivity index (χ4v) is 3.57. The number of rotatable bonds is 4. The number of hydrogen-bond donors (Lipinski definition) is 1. The van der Waals surface area contributed by atoms with Gasteiger partial charge in [-0.05, 0) is 47.4 Å². The van der Waals surface area contributed by atoms with Gasteiger partial charge < -0.3 is 10.4 Å². The summed E-state index contributed by atoms with van der Waals surface area (Å²) in [5.41, 5.74) is 2.98. The van der Waals surface area contributed by atoms with E-state index < -0.39 is 0 Å². The smallest absolute Gasteiger partial charge is 0.238 e. The Morgan fingerprint density at radius 2 is 1.59 bits per heavy atom. The van der Waals surface area contributed by atoms with Gasteiger partial charge in [-0.1, -0.05) is 72.9 Å². The van der Waals surface area contributed by atoms with E-state index >= 15 is 0 Å². The highest BCUT2D eigenvalue weighted by Crippen LogP contribution is 2.19. The molecule has 142 valence electrons. The number of aryl methyl sites for hydroxylation is 1. The fourth-order valence-electron chi connectivity index (χ4n) is 3.25. The predicted molar refractivity (Wildman–Crippen MR) is 121 cm³/mol. The number of nitrogens with one attached hydrogen (secondary N) is 1. The molecule has 0 unspecified atom stereocenters. The normalized spacial score (nSPS) is 11.8. The highest BCUT2D eigenvalue weighted by Gasteiger charge is 2.19. The van der Waals surface area contributed by atoms with Crippen molar-refractivity contribution >= 4 is 45.1 Å². The summed E-state index contributed by atoms with van der Waals surface area (Å²) in [6.07, 6.45) is 3.82. The lowest BCUT2D eigenvalue weighted by Gasteiger charge is -2.17. The van der Waals surface area contributed by atoms with Gasteiger partial charge in [-0.25, -0.2) is 0 Å². The molecule has 0 fully saturated rings. The summed E-state index contributed by atoms with van der Waals surface area (Å²) in [4.78, 5) is 0.379. The van der Waals surface area contributed by atoms with Crippen LogP contribution in [0.15, 0.2) is 97.3 Å². The van der Waals surface area contributed by atoms with E-state index in [0.29, 0.717) is 16.2 Å². The van der Waals surface area contributed by atoms with E-state index in [0.717, 1.165) is 22.0 Å². The zero-order valence-electron chi connectivity index (χ0n) is 16.0. The van der Waals surface area contributed by atoms with Crippen LogP contribution in [0.2, 0.25) is 0 Å². The Kier molecular flexibility index (Phi) is 5.36. The second-order valence-corrected chi connectivity index (χ2v) is 7.26. The van der Waals surface area contributed by atoms with Gasteiger partial charge in [0.1, 0.15) is 0 Å². The van der Waals surface area contributed by atoms with Crippen LogP contribution in [0.25, 0.3) is 22.2 Å². The molecule has 4 rings (SSSR count). The minimum Gasteiger partial charge on any atom is -0.867 e. The third kappa shape index (κ3) is 4.18. The zero-order chi connectivity index (χ0) is 20.2. The number of thiocarbonyl (C=S) groups is 1. The monoisotopic (exact) mass is 396 g/mol. The SMILES string of the molecule is Cc1cccc(NC(=S)/C(=C(/[O-])c2ccccc2)[n+]2ccc3ccccc3c2)c1. The molecule has 4 heteroatoms. The Hall–Kier alpha value is -3.50. The summed E-state index contributed by atoms with van der Waals surface area (Å²) < 4.78 is 1.81. The van der Waals surface area contributed by atoms with Crippen LogP contribution >= 0.6 is 12.2 Å². The first-order chi connectivity index (χ1) is 14.1. The summed E-state index contributed by atoms with van der Waals surface area (Å²) in [5, 5.41) is 18.8. The number of aromatic nitrogens is 1. The van der Waals surface area contributed by atoms with Crippen molar-refractivity contribution in [1.82, 2.24) is 0 Å². The molecule has 4 aromatic rings. The first-order valence-corrected chi connectivity index (χ1v) is 9.78. The minimum atomic E-state index is -0.129. The maximum absolute atomic E-state index is 13.4. The van der Waals surface area contributed by atoms with Crippen LogP contribution in [0.5, 0.6) is 0 Å². The molecule has 0 aliphatic rings. The van der Waals surface area contributed by atoms with Crippen LogP contribution in [-0.4, -0.2) is 4.99 Å². The van der Waals surface area contributed by atoms with Crippen LogP contribution < -0.4 is 15.0 Å². The van der Waals surface area contributed by atoms with Crippen LogP contribution in [-0.2, 0) is 0 Å². The van der Waals surface area contributed by atoms with Crippen molar-refractivity contribution in [3.05, 3.63) is 108 Å². The van der Waals surface area contributed by atoms with E-state index in [2.05, 4.69) is 5.32 Å². The molecule has 0 saturated carbocycles. The maximum atomic E-state index is 13.4. The molecule has 0 radical (unpaired) electrons. The highest BCUT2D eigenvalue weighted by molar-refractivity contribution is 7.81. The molecule has 0 aliphatic carbocycles. The largest absolute Gasteiger partial charge is 0.867 e. The first-order valence-electron chi connectivity index (χ1n) is 9.37. The highest BCUT2D eigenvalue weighted by atomic mass is 32.1. The van der Waals surface area contributed by atoms with Crippen molar-refractivity contribution in [2.24, 2.45) is 0 Å². The topological polar surface area (TPSA) is 39.0 Å². The van der Waals surface area contributed by atoms with E-state index in [9.17, 15) is 5.11 Å². The molecule has 0 atom stereocenters. The number of nitrogens with zero attached hydrogens (tertiary/aromatic N) is 1. The summed E-state index contributed by atoms with van der Waals surface area (Å²) in [5.74, 6) is -0.129. The lowest BCUT2D eigenvalue weighted by molar-refractivity contribution is -0.576. The van der Waals surface area contributed by atoms with Crippen LogP contribution in [0.1, 0.15) is 11.1 Å². The maximum Gasteiger partial charge on any atom is 0.238 e. The Balaban J connectivity index is 1.83. The lowest BCUT2D eigenvalue weighted by Crippen LogP contribution is -2.40. The first kappa shape index (κ1) is 18.8. The number of hydrogen-bond acceptors (Lipinski definition) is 2. The minimum absolute atomic E-state index is 0.129. The predicted octanol–water partition coefficient (Wildman–Crippen LogP) is 4.56. The molecule has 1 heterocycles. The van der Waals surface area contributed by atoms with Crippen LogP contribution in [0.3, 0.4) is 0 Å².